The standard InChI is InChI=1S/C20H17NO3/c1-14(22)24-19-5-3-4-16-9-11-17(21-20(16)19)10-6-15-7-12-18(23-2)13-8-15/h3-13H,1-2H3. The van der Waals surface area contributed by atoms with Crippen LogP contribution in [0.1, 0.15) is 18.2 Å². The van der Waals surface area contributed by atoms with E-state index in [0.717, 1.165) is 22.4 Å². The van der Waals surface area contributed by atoms with Crippen molar-refractivity contribution < 1.29 is 14.3 Å². The molecular formula is C20H17NO3. The summed E-state index contributed by atoms with van der Waals surface area (Å²) >= 11 is 0. The van der Waals surface area contributed by atoms with Gasteiger partial charge in [-0.25, -0.2) is 4.98 Å². The number of aromatic nitrogens is 1. The van der Waals surface area contributed by atoms with E-state index in [2.05, 4.69) is 4.98 Å². The highest BCUT2D eigenvalue weighted by atomic mass is 16.5. The predicted octanol–water partition coefficient (Wildman–Crippen LogP) is 4.34. The van der Waals surface area contributed by atoms with Crippen molar-refractivity contribution in [2.24, 2.45) is 0 Å². The first kappa shape index (κ1) is 15.7. The maximum Gasteiger partial charge on any atom is 0.308 e. The Kier molecular flexibility index (Phi) is 4.57. The Hall–Kier alpha value is -3.14. The van der Waals surface area contributed by atoms with Crippen LogP contribution < -0.4 is 9.47 Å². The molecule has 0 saturated carbocycles. The maximum absolute atomic E-state index is 11.2. The molecular weight excluding hydrogens is 302 g/mol. The quantitative estimate of drug-likeness (QED) is 0.530. The molecule has 4 heteroatoms. The molecule has 0 spiro atoms. The third kappa shape index (κ3) is 3.60. The van der Waals surface area contributed by atoms with Gasteiger partial charge in [0, 0.05) is 12.3 Å². The van der Waals surface area contributed by atoms with E-state index >= 15 is 0 Å². The molecule has 2 aromatic carbocycles. The Morgan fingerprint density at radius 3 is 2.50 bits per heavy atom. The van der Waals surface area contributed by atoms with E-state index in [9.17, 15) is 4.79 Å². The van der Waals surface area contributed by atoms with Crippen LogP contribution in [0.4, 0.5) is 0 Å². The Balaban J connectivity index is 1.91. The lowest BCUT2D eigenvalue weighted by Crippen LogP contribution is -2.02. The number of carbonyl (C=O) groups excluding carboxylic acids is 1. The molecule has 0 saturated heterocycles. The second-order valence-corrected chi connectivity index (χ2v) is 5.26. The zero-order chi connectivity index (χ0) is 16.9. The average molecular weight is 319 g/mol. The van der Waals surface area contributed by atoms with Gasteiger partial charge in [0.05, 0.1) is 12.8 Å². The number of ether oxygens (including phenoxy) is 2. The molecule has 0 amide bonds. The Morgan fingerprint density at radius 2 is 1.79 bits per heavy atom. The highest BCUT2D eigenvalue weighted by Gasteiger charge is 2.06. The molecule has 4 nitrogen and oxygen atoms in total. The van der Waals surface area contributed by atoms with E-state index in [4.69, 9.17) is 9.47 Å². The van der Waals surface area contributed by atoms with Crippen molar-refractivity contribution in [3.63, 3.8) is 0 Å². The van der Waals surface area contributed by atoms with Crippen molar-refractivity contribution >= 4 is 29.0 Å². The van der Waals surface area contributed by atoms with Gasteiger partial charge in [0.15, 0.2) is 5.75 Å². The first-order valence-electron chi connectivity index (χ1n) is 7.56. The van der Waals surface area contributed by atoms with Gasteiger partial charge in [-0.3, -0.25) is 4.79 Å². The Bertz CT molecular complexity index is 898. The third-order valence-corrected chi connectivity index (χ3v) is 3.52. The third-order valence-electron chi connectivity index (χ3n) is 3.52. The van der Waals surface area contributed by atoms with Crippen molar-refractivity contribution in [3.05, 3.63) is 65.9 Å². The van der Waals surface area contributed by atoms with E-state index < -0.39 is 0 Å². The number of hydrogen-bond acceptors (Lipinski definition) is 4. The SMILES string of the molecule is COc1ccc(C=Cc2ccc3cccc(OC(C)=O)c3n2)cc1. The molecule has 24 heavy (non-hydrogen) atoms. The molecule has 0 aliphatic rings. The second kappa shape index (κ2) is 6.96. The van der Waals surface area contributed by atoms with Crippen LogP contribution in [-0.2, 0) is 4.79 Å². The van der Waals surface area contributed by atoms with Gasteiger partial charge in [0.2, 0.25) is 0 Å². The van der Waals surface area contributed by atoms with Gasteiger partial charge < -0.3 is 9.47 Å². The van der Waals surface area contributed by atoms with Gasteiger partial charge in [-0.15, -0.1) is 0 Å². The fraction of sp³-hybridized carbons (Fsp3) is 0.100. The number of fused-ring (bicyclic) bond motifs is 1. The number of hydrogen-bond donors (Lipinski definition) is 0. The normalized spacial score (nSPS) is 10.9. The maximum atomic E-state index is 11.2. The fourth-order valence-electron chi connectivity index (χ4n) is 2.36. The predicted molar refractivity (Wildman–Crippen MR) is 95.0 cm³/mol. The zero-order valence-electron chi connectivity index (χ0n) is 13.5. The number of nitrogens with zero attached hydrogens (tertiary/aromatic N) is 1. The van der Waals surface area contributed by atoms with E-state index in [-0.39, 0.29) is 5.97 Å². The molecule has 0 atom stereocenters. The summed E-state index contributed by atoms with van der Waals surface area (Å²) in [7, 11) is 1.64. The summed E-state index contributed by atoms with van der Waals surface area (Å²) in [4.78, 5) is 15.8. The molecule has 0 bridgehead atoms. The van der Waals surface area contributed by atoms with E-state index in [1.807, 2.05) is 60.7 Å². The summed E-state index contributed by atoms with van der Waals surface area (Å²) in [6.07, 6.45) is 3.90. The summed E-state index contributed by atoms with van der Waals surface area (Å²) in [6, 6.07) is 17.2. The van der Waals surface area contributed by atoms with Crippen molar-refractivity contribution in [1.29, 1.82) is 0 Å². The molecule has 0 fully saturated rings. The van der Waals surface area contributed by atoms with Gasteiger partial charge in [0.25, 0.3) is 0 Å². The summed E-state index contributed by atoms with van der Waals surface area (Å²) < 4.78 is 10.4. The van der Waals surface area contributed by atoms with E-state index in [1.165, 1.54) is 6.92 Å². The lowest BCUT2D eigenvalue weighted by atomic mass is 10.1. The van der Waals surface area contributed by atoms with Crippen LogP contribution in [-0.4, -0.2) is 18.1 Å². The number of benzene rings is 2. The molecule has 3 aromatic rings. The molecule has 0 N–H and O–H groups in total. The molecule has 1 heterocycles. The van der Waals surface area contributed by atoms with Gasteiger partial charge in [-0.05, 0) is 35.9 Å². The molecule has 0 aliphatic carbocycles. The summed E-state index contributed by atoms with van der Waals surface area (Å²) in [6.45, 7) is 1.38. The molecule has 3 rings (SSSR count). The summed E-state index contributed by atoms with van der Waals surface area (Å²) in [5.74, 6) is 0.935. The number of rotatable bonds is 4. The fourth-order valence-corrected chi connectivity index (χ4v) is 2.36. The minimum Gasteiger partial charge on any atom is -0.497 e. The number of pyridine rings is 1. The minimum absolute atomic E-state index is 0.358. The van der Waals surface area contributed by atoms with Gasteiger partial charge >= 0.3 is 5.97 Å². The molecule has 120 valence electrons. The molecule has 0 aliphatic heterocycles. The summed E-state index contributed by atoms with van der Waals surface area (Å²) in [5, 5.41) is 0.926. The van der Waals surface area contributed by atoms with Gasteiger partial charge in [-0.2, -0.15) is 0 Å². The lowest BCUT2D eigenvalue weighted by Gasteiger charge is -2.06. The largest absolute Gasteiger partial charge is 0.497 e. The van der Waals surface area contributed by atoms with Crippen LogP contribution in [0.15, 0.2) is 54.6 Å². The number of methoxy groups -OCH3 is 1. The second-order valence-electron chi connectivity index (χ2n) is 5.26. The highest BCUT2D eigenvalue weighted by molar-refractivity contribution is 5.88. The minimum atomic E-state index is -0.358. The highest BCUT2D eigenvalue weighted by Crippen LogP contribution is 2.24. The average Bonchev–Trinajstić information content (AvgIpc) is 2.60. The monoisotopic (exact) mass is 319 g/mol. The molecule has 0 radical (unpaired) electrons. The number of carbonyl (C=O) groups is 1. The van der Waals surface area contributed by atoms with Crippen molar-refractivity contribution in [2.45, 2.75) is 6.92 Å². The zero-order valence-corrected chi connectivity index (χ0v) is 13.5. The van der Waals surface area contributed by atoms with Gasteiger partial charge in [-0.1, -0.05) is 36.4 Å². The van der Waals surface area contributed by atoms with E-state index in [1.54, 1.807) is 13.2 Å². The smallest absolute Gasteiger partial charge is 0.308 e. The van der Waals surface area contributed by atoms with Crippen molar-refractivity contribution in [3.8, 4) is 11.5 Å². The first-order chi connectivity index (χ1) is 11.7. The van der Waals surface area contributed by atoms with Crippen LogP contribution in [0.3, 0.4) is 0 Å². The number of para-hydroxylation sites is 1. The van der Waals surface area contributed by atoms with Crippen LogP contribution in [0.25, 0.3) is 23.1 Å². The Morgan fingerprint density at radius 1 is 1.00 bits per heavy atom. The lowest BCUT2D eigenvalue weighted by molar-refractivity contribution is -0.131. The van der Waals surface area contributed by atoms with Crippen LogP contribution in [0, 0.1) is 0 Å². The summed E-state index contributed by atoms with van der Waals surface area (Å²) in [5.41, 5.74) is 2.51. The Labute approximate surface area is 140 Å². The molecule has 0 unspecified atom stereocenters. The van der Waals surface area contributed by atoms with Gasteiger partial charge in [0.1, 0.15) is 11.3 Å². The number of esters is 1. The van der Waals surface area contributed by atoms with E-state index in [0.29, 0.717) is 11.3 Å². The van der Waals surface area contributed by atoms with Crippen molar-refractivity contribution in [2.75, 3.05) is 7.11 Å². The topological polar surface area (TPSA) is 48.4 Å². The van der Waals surface area contributed by atoms with Crippen LogP contribution >= 0.6 is 0 Å². The first-order valence-corrected chi connectivity index (χ1v) is 7.56. The van der Waals surface area contributed by atoms with Crippen LogP contribution in [0.2, 0.25) is 0 Å². The van der Waals surface area contributed by atoms with Crippen molar-refractivity contribution in [1.82, 2.24) is 4.98 Å². The van der Waals surface area contributed by atoms with Crippen LogP contribution in [0.5, 0.6) is 11.5 Å². The molecule has 1 aromatic heterocycles.